The summed E-state index contributed by atoms with van der Waals surface area (Å²) in [7, 11) is 0. The predicted molar refractivity (Wildman–Crippen MR) is 150 cm³/mol. The molecule has 5 heterocycles. The van der Waals surface area contributed by atoms with Gasteiger partial charge in [-0.05, 0) is 29.8 Å². The fraction of sp³-hybridized carbons (Fsp3) is 0.250. The number of cyclic esters (lactones) is 1. The topological polar surface area (TPSA) is 91.8 Å². The summed E-state index contributed by atoms with van der Waals surface area (Å²) in [6.07, 6.45) is -0.201. The standard InChI is InChI=1S/C32H23F2N3O6S/c33-22-10-9-17-21(26(22)34)16-44-24-8-4-3-7-20(24)27(17)37-25-15-41-14-13-35(25)30(39)28-29(23(38)11-12-36(28)37)42-32-19-6-2-1-5-18(19)31(40)43-32/h1-8,11-12,23,25,27,32,38H,13-16H2/t23?,25-,27+,32?/m1/s1. The number of esters is 1. The van der Waals surface area contributed by atoms with Crippen LogP contribution in [0.25, 0.3) is 0 Å². The molecular weight excluding hydrogens is 592 g/mol. The first-order valence-electron chi connectivity index (χ1n) is 14.0. The number of benzene rings is 2. The maximum Gasteiger partial charge on any atom is 0.342 e. The van der Waals surface area contributed by atoms with E-state index in [1.807, 2.05) is 29.3 Å². The molecular formula is C32H23F2N3O6S. The van der Waals surface area contributed by atoms with E-state index in [0.717, 1.165) is 10.5 Å². The molecule has 3 aromatic carbocycles. The average Bonchev–Trinajstić information content (AvgIpc) is 3.26. The Hall–Kier alpha value is -4.41. The zero-order valence-electron chi connectivity index (χ0n) is 22.9. The van der Waals surface area contributed by atoms with Crippen LogP contribution in [0.4, 0.5) is 8.78 Å². The smallest absolute Gasteiger partial charge is 0.342 e. The van der Waals surface area contributed by atoms with Crippen molar-refractivity contribution in [3.8, 4) is 0 Å². The number of carbonyl (C=O) groups excluding carboxylic acids is 2. The maximum absolute atomic E-state index is 15.4. The largest absolute Gasteiger partial charge is 0.449 e. The highest BCUT2D eigenvalue weighted by Crippen LogP contribution is 2.47. The Labute approximate surface area is 254 Å². The van der Waals surface area contributed by atoms with E-state index in [-0.39, 0.29) is 42.5 Å². The normalized spacial score (nSPS) is 25.7. The number of rotatable bonds is 3. The lowest BCUT2D eigenvalue weighted by atomic mass is 9.94. The Morgan fingerprint density at radius 1 is 1.05 bits per heavy atom. The van der Waals surface area contributed by atoms with Gasteiger partial charge in [-0.25, -0.2) is 9.18 Å². The quantitative estimate of drug-likeness (QED) is 0.440. The van der Waals surface area contributed by atoms with Gasteiger partial charge in [-0.2, -0.15) is 9.40 Å². The molecule has 222 valence electrons. The van der Waals surface area contributed by atoms with Crippen LogP contribution < -0.4 is 0 Å². The van der Waals surface area contributed by atoms with Crippen LogP contribution in [0.1, 0.15) is 44.9 Å². The zero-order valence-corrected chi connectivity index (χ0v) is 23.7. The van der Waals surface area contributed by atoms with Crippen molar-refractivity contribution >= 4 is 23.6 Å². The summed E-state index contributed by atoms with van der Waals surface area (Å²) >= 11 is 1.38. The summed E-state index contributed by atoms with van der Waals surface area (Å²) in [5, 5.41) is 14.6. The third-order valence-corrected chi connectivity index (χ3v) is 9.47. The molecule has 0 saturated carbocycles. The van der Waals surface area contributed by atoms with Crippen molar-refractivity contribution in [3.63, 3.8) is 0 Å². The third kappa shape index (κ3) is 4.04. The Balaban J connectivity index is 1.31. The molecule has 5 aliphatic heterocycles. The Morgan fingerprint density at radius 2 is 1.84 bits per heavy atom. The molecule has 2 saturated heterocycles. The molecule has 0 aromatic heterocycles. The van der Waals surface area contributed by atoms with Crippen LogP contribution in [-0.2, 0) is 24.8 Å². The number of halogens is 2. The van der Waals surface area contributed by atoms with E-state index in [4.69, 9.17) is 14.2 Å². The lowest BCUT2D eigenvalue weighted by Gasteiger charge is -2.55. The van der Waals surface area contributed by atoms with Crippen molar-refractivity contribution in [1.29, 1.82) is 0 Å². The second kappa shape index (κ2) is 10.3. The molecule has 12 heteroatoms. The fourth-order valence-electron chi connectivity index (χ4n) is 6.33. The van der Waals surface area contributed by atoms with Gasteiger partial charge in [0.05, 0.1) is 24.8 Å². The SMILES string of the molecule is O=C1OC(OC2=C3C(=O)N4CCOC[C@H]4N([C@H]4c5c#cc(F)c(F)c5CSc5ccccc54)N3C=CC2O)c2ccccc21. The molecule has 2 unspecified atom stereocenters. The first-order chi connectivity index (χ1) is 21.4. The average molecular weight is 616 g/mol. The number of morpholine rings is 1. The lowest BCUT2D eigenvalue weighted by Crippen LogP contribution is -2.68. The third-order valence-electron chi connectivity index (χ3n) is 8.36. The lowest BCUT2D eigenvalue weighted by molar-refractivity contribution is -0.192. The highest BCUT2D eigenvalue weighted by atomic mass is 32.2. The summed E-state index contributed by atoms with van der Waals surface area (Å²) in [5.41, 5.74) is 2.09. The summed E-state index contributed by atoms with van der Waals surface area (Å²) in [4.78, 5) is 29.2. The van der Waals surface area contributed by atoms with E-state index in [0.29, 0.717) is 16.7 Å². The van der Waals surface area contributed by atoms with Crippen molar-refractivity contribution in [2.75, 3.05) is 19.8 Å². The molecule has 1 amide bonds. The molecule has 9 nitrogen and oxygen atoms in total. The Bertz CT molecular complexity index is 1780. The number of amides is 1. The summed E-state index contributed by atoms with van der Waals surface area (Å²) < 4.78 is 47.4. The van der Waals surface area contributed by atoms with E-state index in [1.54, 1.807) is 40.4 Å². The zero-order chi connectivity index (χ0) is 30.1. The Morgan fingerprint density at radius 3 is 2.70 bits per heavy atom. The molecule has 4 atom stereocenters. The maximum atomic E-state index is 15.4. The highest BCUT2D eigenvalue weighted by molar-refractivity contribution is 7.98. The molecule has 0 aliphatic carbocycles. The van der Waals surface area contributed by atoms with Gasteiger partial charge in [0.25, 0.3) is 12.2 Å². The summed E-state index contributed by atoms with van der Waals surface area (Å²) in [6, 6.07) is 18.7. The number of nitrogens with zero attached hydrogens (tertiary/aromatic N) is 3. The van der Waals surface area contributed by atoms with Crippen LogP contribution >= 0.6 is 11.8 Å². The second-order valence-corrected chi connectivity index (χ2v) is 11.7. The van der Waals surface area contributed by atoms with Gasteiger partial charge in [0, 0.05) is 40.1 Å². The first kappa shape index (κ1) is 27.2. The van der Waals surface area contributed by atoms with Crippen LogP contribution in [0.5, 0.6) is 0 Å². The Kier molecular flexibility index (Phi) is 6.39. The first-order valence-corrected chi connectivity index (χ1v) is 15.0. The van der Waals surface area contributed by atoms with Gasteiger partial charge in [-0.15, -0.1) is 11.8 Å². The number of fused-ring (bicyclic) bond motifs is 5. The number of thioether (sulfide) groups is 1. The van der Waals surface area contributed by atoms with E-state index < -0.39 is 48.1 Å². The van der Waals surface area contributed by atoms with Gasteiger partial charge in [0.1, 0.15) is 12.3 Å². The molecule has 0 spiro atoms. The van der Waals surface area contributed by atoms with Crippen LogP contribution in [0.2, 0.25) is 0 Å². The van der Waals surface area contributed by atoms with Gasteiger partial charge in [0.2, 0.25) is 5.82 Å². The number of hydrazine groups is 1. The monoisotopic (exact) mass is 615 g/mol. The minimum absolute atomic E-state index is 0.000995. The van der Waals surface area contributed by atoms with Crippen molar-refractivity contribution < 1.29 is 37.7 Å². The number of hydrogen-bond donors (Lipinski definition) is 1. The number of aliphatic hydroxyl groups is 1. The van der Waals surface area contributed by atoms with E-state index in [2.05, 4.69) is 12.1 Å². The van der Waals surface area contributed by atoms with Crippen LogP contribution in [0.15, 0.2) is 77.2 Å². The molecule has 5 aliphatic rings. The minimum Gasteiger partial charge on any atom is -0.449 e. The van der Waals surface area contributed by atoms with Crippen LogP contribution in [0, 0.1) is 23.8 Å². The number of hydrogen-bond acceptors (Lipinski definition) is 9. The van der Waals surface area contributed by atoms with Gasteiger partial charge in [-0.1, -0.05) is 42.5 Å². The molecule has 0 bridgehead atoms. The van der Waals surface area contributed by atoms with E-state index in [1.165, 1.54) is 17.8 Å². The molecule has 0 radical (unpaired) electrons. The summed E-state index contributed by atoms with van der Waals surface area (Å²) in [6.45, 7) is 0.637. The van der Waals surface area contributed by atoms with Gasteiger partial charge < -0.3 is 24.2 Å². The minimum atomic E-state index is -1.34. The van der Waals surface area contributed by atoms with Crippen molar-refractivity contribution in [2.45, 2.75) is 35.2 Å². The van der Waals surface area contributed by atoms with E-state index in [9.17, 15) is 19.1 Å². The second-order valence-electron chi connectivity index (χ2n) is 10.7. The van der Waals surface area contributed by atoms with Crippen LogP contribution in [0.3, 0.4) is 0 Å². The molecule has 2 fully saturated rings. The number of ether oxygens (including phenoxy) is 3. The number of carbonyl (C=O) groups is 2. The molecule has 3 aromatic rings. The molecule has 1 N–H and O–H groups in total. The fourth-order valence-corrected chi connectivity index (χ4v) is 7.44. The van der Waals surface area contributed by atoms with Crippen LogP contribution in [-0.4, -0.2) is 63.9 Å². The molecule has 8 rings (SSSR count). The van der Waals surface area contributed by atoms with E-state index >= 15 is 4.39 Å². The predicted octanol–water partition coefficient (Wildman–Crippen LogP) is 3.96. The number of aliphatic hydroxyl groups excluding tert-OH is 1. The van der Waals surface area contributed by atoms with Gasteiger partial charge in [0.15, 0.2) is 17.3 Å². The highest BCUT2D eigenvalue weighted by Gasteiger charge is 2.51. The van der Waals surface area contributed by atoms with Gasteiger partial charge in [-0.3, -0.25) is 9.80 Å². The van der Waals surface area contributed by atoms with Gasteiger partial charge >= 0.3 is 5.97 Å². The molecule has 44 heavy (non-hydrogen) atoms. The van der Waals surface area contributed by atoms with Crippen molar-refractivity contribution in [3.05, 3.63) is 124 Å². The van der Waals surface area contributed by atoms with Crippen molar-refractivity contribution in [2.24, 2.45) is 0 Å². The summed E-state index contributed by atoms with van der Waals surface area (Å²) in [5.74, 6) is -3.08. The van der Waals surface area contributed by atoms with Crippen molar-refractivity contribution in [1.82, 2.24) is 14.9 Å².